The summed E-state index contributed by atoms with van der Waals surface area (Å²) in [5.74, 6) is 0.931. The molecule has 6 heteroatoms. The van der Waals surface area contributed by atoms with Crippen LogP contribution in [0, 0.1) is 11.8 Å². The molecule has 20 heavy (non-hydrogen) atoms. The number of rotatable bonds is 2. The van der Waals surface area contributed by atoms with E-state index in [2.05, 4.69) is 10.6 Å². The highest BCUT2D eigenvalue weighted by Gasteiger charge is 2.62. The summed E-state index contributed by atoms with van der Waals surface area (Å²) in [6.07, 6.45) is 5.86. The monoisotopic (exact) mass is 277 g/mol. The topological polar surface area (TPSA) is 78.5 Å². The molecule has 2 aliphatic carbocycles. The van der Waals surface area contributed by atoms with Gasteiger partial charge in [-0.2, -0.15) is 0 Å². The molecular formula is C14H19N3O3. The maximum absolute atomic E-state index is 12.6. The van der Waals surface area contributed by atoms with E-state index >= 15 is 0 Å². The number of carbonyl (C=O) groups excluding carboxylic acids is 3. The Balaban J connectivity index is 1.50. The van der Waals surface area contributed by atoms with E-state index in [0.29, 0.717) is 18.9 Å². The third-order valence-electron chi connectivity index (χ3n) is 5.56. The fourth-order valence-corrected chi connectivity index (χ4v) is 4.11. The number of nitrogens with zero attached hydrogens (tertiary/aromatic N) is 1. The van der Waals surface area contributed by atoms with Gasteiger partial charge in [-0.1, -0.05) is 19.3 Å². The number of nitrogens with one attached hydrogen (secondary N) is 2. The lowest BCUT2D eigenvalue weighted by molar-refractivity contribution is -0.142. The van der Waals surface area contributed by atoms with Crippen LogP contribution in [-0.4, -0.2) is 40.9 Å². The Hall–Kier alpha value is -1.59. The molecule has 1 unspecified atom stereocenters. The van der Waals surface area contributed by atoms with Gasteiger partial charge in [-0.05, 0) is 31.1 Å². The van der Waals surface area contributed by atoms with Crippen molar-refractivity contribution in [2.24, 2.45) is 11.8 Å². The second-order valence-electron chi connectivity index (χ2n) is 6.64. The van der Waals surface area contributed by atoms with Crippen LogP contribution in [0.5, 0.6) is 0 Å². The number of hydrogen-bond acceptors (Lipinski definition) is 3. The normalized spacial score (nSPS) is 40.6. The van der Waals surface area contributed by atoms with E-state index in [1.165, 1.54) is 24.2 Å². The maximum atomic E-state index is 12.6. The molecule has 1 atom stereocenters. The van der Waals surface area contributed by atoms with Crippen molar-refractivity contribution >= 4 is 17.8 Å². The number of imide groups is 1. The molecule has 4 amide bonds. The van der Waals surface area contributed by atoms with Crippen LogP contribution < -0.4 is 10.6 Å². The highest BCUT2D eigenvalue weighted by atomic mass is 16.2. The first-order valence-corrected chi connectivity index (χ1v) is 7.54. The Kier molecular flexibility index (Phi) is 2.41. The quantitative estimate of drug-likeness (QED) is 0.716. The van der Waals surface area contributed by atoms with E-state index in [0.717, 1.165) is 18.8 Å². The van der Waals surface area contributed by atoms with E-state index in [4.69, 9.17) is 0 Å². The SMILES string of the molecule is O=C1NCCC1N1C(=O)NC2(CC(C3CCC3)C2)C1=O. The van der Waals surface area contributed by atoms with Gasteiger partial charge in [0.1, 0.15) is 11.6 Å². The zero-order chi connectivity index (χ0) is 13.9. The number of hydrogen-bond donors (Lipinski definition) is 2. The summed E-state index contributed by atoms with van der Waals surface area (Å²) in [6.45, 7) is 0.540. The molecule has 0 bridgehead atoms. The third kappa shape index (κ3) is 1.47. The Morgan fingerprint density at radius 1 is 1.05 bits per heavy atom. The molecule has 6 nitrogen and oxygen atoms in total. The molecule has 4 aliphatic rings. The van der Waals surface area contributed by atoms with Crippen molar-refractivity contribution in [2.45, 2.75) is 50.1 Å². The minimum absolute atomic E-state index is 0.180. The zero-order valence-corrected chi connectivity index (χ0v) is 11.4. The molecule has 108 valence electrons. The largest absolute Gasteiger partial charge is 0.354 e. The average molecular weight is 277 g/mol. The van der Waals surface area contributed by atoms with Crippen molar-refractivity contribution in [3.63, 3.8) is 0 Å². The zero-order valence-electron chi connectivity index (χ0n) is 11.4. The van der Waals surface area contributed by atoms with Gasteiger partial charge < -0.3 is 10.6 Å². The first kappa shape index (κ1) is 12.2. The molecule has 2 N–H and O–H groups in total. The fraction of sp³-hybridized carbons (Fsp3) is 0.786. The maximum Gasteiger partial charge on any atom is 0.325 e. The fourth-order valence-electron chi connectivity index (χ4n) is 4.11. The molecule has 4 fully saturated rings. The van der Waals surface area contributed by atoms with Gasteiger partial charge in [-0.3, -0.25) is 9.59 Å². The molecule has 0 aromatic rings. The molecule has 1 spiro atoms. The molecule has 0 aromatic carbocycles. The van der Waals surface area contributed by atoms with E-state index in [-0.39, 0.29) is 17.8 Å². The van der Waals surface area contributed by atoms with Gasteiger partial charge in [0.15, 0.2) is 0 Å². The van der Waals surface area contributed by atoms with Gasteiger partial charge in [-0.15, -0.1) is 0 Å². The lowest BCUT2D eigenvalue weighted by Crippen LogP contribution is -2.59. The van der Waals surface area contributed by atoms with Gasteiger partial charge in [0.2, 0.25) is 5.91 Å². The van der Waals surface area contributed by atoms with E-state index in [1.807, 2.05) is 0 Å². The van der Waals surface area contributed by atoms with Crippen molar-refractivity contribution in [2.75, 3.05) is 6.54 Å². The first-order chi connectivity index (χ1) is 9.61. The van der Waals surface area contributed by atoms with Crippen molar-refractivity contribution < 1.29 is 14.4 Å². The predicted molar refractivity (Wildman–Crippen MR) is 69.6 cm³/mol. The summed E-state index contributed by atoms with van der Waals surface area (Å²) in [4.78, 5) is 37.6. The van der Waals surface area contributed by atoms with Crippen molar-refractivity contribution in [3.8, 4) is 0 Å². The van der Waals surface area contributed by atoms with Gasteiger partial charge in [0.05, 0.1) is 0 Å². The molecule has 2 aliphatic heterocycles. The molecule has 4 rings (SSSR count). The van der Waals surface area contributed by atoms with Crippen LogP contribution in [0.25, 0.3) is 0 Å². The standard InChI is InChI=1S/C14H19N3O3/c18-11-10(4-5-15-11)17-12(19)14(16-13(17)20)6-9(7-14)8-2-1-3-8/h8-10H,1-7H2,(H,15,18)(H,16,20). The van der Waals surface area contributed by atoms with Crippen LogP contribution in [-0.2, 0) is 9.59 Å². The lowest BCUT2D eigenvalue weighted by Gasteiger charge is -2.49. The molecular weight excluding hydrogens is 258 g/mol. The Bertz CT molecular complexity index is 494. The van der Waals surface area contributed by atoms with Gasteiger partial charge in [-0.25, -0.2) is 9.69 Å². The van der Waals surface area contributed by atoms with Crippen molar-refractivity contribution in [1.82, 2.24) is 15.5 Å². The second-order valence-corrected chi connectivity index (χ2v) is 6.64. The molecule has 2 saturated heterocycles. The van der Waals surface area contributed by atoms with Gasteiger partial charge in [0.25, 0.3) is 5.91 Å². The van der Waals surface area contributed by atoms with E-state index in [1.54, 1.807) is 0 Å². The van der Waals surface area contributed by atoms with E-state index < -0.39 is 11.6 Å². The van der Waals surface area contributed by atoms with Gasteiger partial charge >= 0.3 is 6.03 Å². The Morgan fingerprint density at radius 3 is 2.35 bits per heavy atom. The summed E-state index contributed by atoms with van der Waals surface area (Å²) in [6, 6.07) is -0.992. The molecule has 2 heterocycles. The third-order valence-corrected chi connectivity index (χ3v) is 5.56. The smallest absolute Gasteiger partial charge is 0.325 e. The van der Waals surface area contributed by atoms with Crippen LogP contribution in [0.1, 0.15) is 38.5 Å². The van der Waals surface area contributed by atoms with Crippen LogP contribution >= 0.6 is 0 Å². The second kappa shape index (κ2) is 3.96. The number of amides is 4. The Morgan fingerprint density at radius 2 is 1.80 bits per heavy atom. The van der Waals surface area contributed by atoms with E-state index in [9.17, 15) is 14.4 Å². The minimum atomic E-state index is -0.694. The lowest BCUT2D eigenvalue weighted by atomic mass is 9.58. The summed E-state index contributed by atoms with van der Waals surface area (Å²) in [5.41, 5.74) is -0.694. The minimum Gasteiger partial charge on any atom is -0.354 e. The summed E-state index contributed by atoms with van der Waals surface area (Å²) in [5, 5.41) is 5.54. The highest BCUT2D eigenvalue weighted by molar-refractivity contribution is 6.10. The van der Waals surface area contributed by atoms with Crippen molar-refractivity contribution in [3.05, 3.63) is 0 Å². The van der Waals surface area contributed by atoms with Crippen LogP contribution in [0.4, 0.5) is 4.79 Å². The van der Waals surface area contributed by atoms with Crippen LogP contribution in [0.15, 0.2) is 0 Å². The molecule has 0 radical (unpaired) electrons. The number of urea groups is 1. The summed E-state index contributed by atoms with van der Waals surface area (Å²) >= 11 is 0. The van der Waals surface area contributed by atoms with Gasteiger partial charge in [0, 0.05) is 6.54 Å². The molecule has 2 saturated carbocycles. The van der Waals surface area contributed by atoms with Crippen LogP contribution in [0.2, 0.25) is 0 Å². The molecule has 0 aromatic heterocycles. The van der Waals surface area contributed by atoms with Crippen LogP contribution in [0.3, 0.4) is 0 Å². The average Bonchev–Trinajstić information content (AvgIpc) is 2.79. The highest BCUT2D eigenvalue weighted by Crippen LogP contribution is 2.51. The first-order valence-electron chi connectivity index (χ1n) is 7.54. The predicted octanol–water partition coefficient (Wildman–Crippen LogP) is 0.376. The Labute approximate surface area is 117 Å². The van der Waals surface area contributed by atoms with Crippen molar-refractivity contribution in [1.29, 1.82) is 0 Å². The summed E-state index contributed by atoms with van der Waals surface area (Å²) < 4.78 is 0. The number of carbonyl (C=O) groups is 3. The summed E-state index contributed by atoms with van der Waals surface area (Å²) in [7, 11) is 0.